The van der Waals surface area contributed by atoms with Crippen molar-refractivity contribution < 1.29 is 15.0 Å². The number of hydrogen-bond donors (Lipinski definition) is 3. The van der Waals surface area contributed by atoms with Crippen molar-refractivity contribution in [2.45, 2.75) is 26.0 Å². The van der Waals surface area contributed by atoms with Crippen LogP contribution in [0.15, 0.2) is 0 Å². The molecule has 1 atom stereocenters. The molecule has 4 nitrogen and oxygen atoms in total. The molecule has 0 fully saturated rings. The molecule has 0 rings (SSSR count). The van der Waals surface area contributed by atoms with E-state index in [0.717, 1.165) is 0 Å². The third-order valence-corrected chi connectivity index (χ3v) is 1.05. The summed E-state index contributed by atoms with van der Waals surface area (Å²) in [7, 11) is 0. The fraction of sp³-hybridized carbons (Fsp3) is 0.833. The van der Waals surface area contributed by atoms with Crippen LogP contribution in [0.1, 0.15) is 20.3 Å². The van der Waals surface area contributed by atoms with Crippen LogP contribution in [0.3, 0.4) is 0 Å². The molecule has 0 heterocycles. The van der Waals surface area contributed by atoms with E-state index in [0.29, 0.717) is 6.54 Å². The number of carboxylic acids is 1. The number of aliphatic carboxylic acids is 1. The molecule has 0 amide bonds. The number of rotatable bonds is 4. The zero-order chi connectivity index (χ0) is 8.20. The van der Waals surface area contributed by atoms with E-state index in [1.54, 1.807) is 6.92 Å². The van der Waals surface area contributed by atoms with Crippen molar-refractivity contribution in [1.29, 1.82) is 0 Å². The van der Waals surface area contributed by atoms with Gasteiger partial charge in [-0.1, -0.05) is 6.92 Å². The minimum Gasteiger partial charge on any atom is -0.481 e. The summed E-state index contributed by atoms with van der Waals surface area (Å²) in [5, 5.41) is 20.1. The van der Waals surface area contributed by atoms with Gasteiger partial charge in [0.1, 0.15) is 5.72 Å². The fourth-order valence-electron chi connectivity index (χ4n) is 0.738. The van der Waals surface area contributed by atoms with E-state index in [2.05, 4.69) is 5.32 Å². The number of carboxylic acid groups (broad SMARTS) is 1. The minimum absolute atomic E-state index is 0.277. The molecule has 0 aromatic carbocycles. The first-order valence-electron chi connectivity index (χ1n) is 3.17. The second kappa shape index (κ2) is 3.53. The van der Waals surface area contributed by atoms with Gasteiger partial charge in [0, 0.05) is 0 Å². The standard InChI is InChI=1S/C6H13NO3/c1-3-7-6(2,10)4-5(8)9/h7,10H,3-4H2,1-2H3,(H,8,9). The molecule has 3 N–H and O–H groups in total. The van der Waals surface area contributed by atoms with Crippen LogP contribution in [-0.2, 0) is 4.79 Å². The van der Waals surface area contributed by atoms with Crippen molar-refractivity contribution >= 4 is 5.97 Å². The van der Waals surface area contributed by atoms with Gasteiger partial charge in [0.2, 0.25) is 0 Å². The smallest absolute Gasteiger partial charge is 0.307 e. The number of hydrogen-bond acceptors (Lipinski definition) is 3. The van der Waals surface area contributed by atoms with Crippen LogP contribution in [0.25, 0.3) is 0 Å². The Hall–Kier alpha value is -0.610. The summed E-state index contributed by atoms with van der Waals surface area (Å²) in [5.41, 5.74) is -1.28. The molecule has 60 valence electrons. The lowest BCUT2D eigenvalue weighted by atomic mass is 10.2. The lowest BCUT2D eigenvalue weighted by Gasteiger charge is -2.21. The van der Waals surface area contributed by atoms with Gasteiger partial charge in [-0.3, -0.25) is 10.1 Å². The molecule has 10 heavy (non-hydrogen) atoms. The van der Waals surface area contributed by atoms with Crippen LogP contribution in [0.4, 0.5) is 0 Å². The number of aliphatic hydroxyl groups is 1. The van der Waals surface area contributed by atoms with Crippen LogP contribution in [0.2, 0.25) is 0 Å². The molecular weight excluding hydrogens is 134 g/mol. The van der Waals surface area contributed by atoms with Gasteiger partial charge in [-0.15, -0.1) is 0 Å². The zero-order valence-corrected chi connectivity index (χ0v) is 6.22. The van der Waals surface area contributed by atoms with Crippen molar-refractivity contribution in [1.82, 2.24) is 5.32 Å². The van der Waals surface area contributed by atoms with Crippen molar-refractivity contribution in [2.24, 2.45) is 0 Å². The Morgan fingerprint density at radius 1 is 1.70 bits per heavy atom. The second-order valence-electron chi connectivity index (χ2n) is 2.37. The molecule has 0 aliphatic heterocycles. The maximum atomic E-state index is 10.1. The summed E-state index contributed by atoms with van der Waals surface area (Å²) >= 11 is 0. The van der Waals surface area contributed by atoms with Crippen LogP contribution in [0.5, 0.6) is 0 Å². The van der Waals surface area contributed by atoms with Crippen molar-refractivity contribution in [2.75, 3.05) is 6.54 Å². The lowest BCUT2D eigenvalue weighted by molar-refractivity contribution is -0.143. The summed E-state index contributed by atoms with van der Waals surface area (Å²) in [6.07, 6.45) is -0.277. The summed E-state index contributed by atoms with van der Waals surface area (Å²) < 4.78 is 0. The van der Waals surface area contributed by atoms with E-state index in [4.69, 9.17) is 5.11 Å². The van der Waals surface area contributed by atoms with Crippen LogP contribution in [-0.4, -0.2) is 28.5 Å². The highest BCUT2D eigenvalue weighted by molar-refractivity contribution is 5.67. The zero-order valence-electron chi connectivity index (χ0n) is 6.22. The van der Waals surface area contributed by atoms with Gasteiger partial charge in [-0.25, -0.2) is 0 Å². The highest BCUT2D eigenvalue weighted by atomic mass is 16.4. The first-order chi connectivity index (χ1) is 4.48. The van der Waals surface area contributed by atoms with Gasteiger partial charge in [-0.2, -0.15) is 0 Å². The van der Waals surface area contributed by atoms with E-state index in [-0.39, 0.29) is 6.42 Å². The number of carbonyl (C=O) groups is 1. The van der Waals surface area contributed by atoms with Gasteiger partial charge >= 0.3 is 5.97 Å². The molecule has 0 aliphatic carbocycles. The van der Waals surface area contributed by atoms with E-state index in [1.165, 1.54) is 6.92 Å². The summed E-state index contributed by atoms with van der Waals surface area (Å²) in [5.74, 6) is -1.01. The molecule has 0 aromatic rings. The topological polar surface area (TPSA) is 69.6 Å². The Morgan fingerprint density at radius 3 is 2.50 bits per heavy atom. The molecule has 4 heteroatoms. The van der Waals surface area contributed by atoms with Crippen molar-refractivity contribution in [3.63, 3.8) is 0 Å². The Balaban J connectivity index is 3.74. The molecule has 0 aromatic heterocycles. The van der Waals surface area contributed by atoms with Crippen molar-refractivity contribution in [3.8, 4) is 0 Å². The molecule has 0 bridgehead atoms. The largest absolute Gasteiger partial charge is 0.481 e. The highest BCUT2D eigenvalue weighted by Gasteiger charge is 2.21. The van der Waals surface area contributed by atoms with Crippen molar-refractivity contribution in [3.05, 3.63) is 0 Å². The molecule has 0 radical (unpaired) electrons. The summed E-state index contributed by atoms with van der Waals surface area (Å²) in [6, 6.07) is 0. The Kier molecular flexibility index (Phi) is 3.32. The van der Waals surface area contributed by atoms with Gasteiger partial charge in [-0.05, 0) is 13.5 Å². The van der Waals surface area contributed by atoms with E-state index < -0.39 is 11.7 Å². The van der Waals surface area contributed by atoms with Gasteiger partial charge in [0.15, 0.2) is 0 Å². The SMILES string of the molecule is CCNC(C)(O)CC(=O)O. The van der Waals surface area contributed by atoms with Crippen LogP contribution >= 0.6 is 0 Å². The third kappa shape index (κ3) is 4.29. The van der Waals surface area contributed by atoms with Crippen LogP contribution < -0.4 is 5.32 Å². The maximum Gasteiger partial charge on any atom is 0.307 e. The molecule has 0 spiro atoms. The predicted molar refractivity (Wildman–Crippen MR) is 36.6 cm³/mol. The average Bonchev–Trinajstić information content (AvgIpc) is 1.59. The quantitative estimate of drug-likeness (QED) is 0.481. The van der Waals surface area contributed by atoms with E-state index in [1.807, 2.05) is 0 Å². The molecule has 0 saturated carbocycles. The maximum absolute atomic E-state index is 10.1. The first kappa shape index (κ1) is 9.39. The molecule has 1 unspecified atom stereocenters. The Morgan fingerprint density at radius 2 is 2.20 bits per heavy atom. The number of nitrogens with one attached hydrogen (secondary N) is 1. The van der Waals surface area contributed by atoms with Gasteiger partial charge in [0.05, 0.1) is 6.42 Å². The minimum atomic E-state index is -1.28. The fourth-order valence-corrected chi connectivity index (χ4v) is 0.738. The Labute approximate surface area is 59.9 Å². The lowest BCUT2D eigenvalue weighted by Crippen LogP contribution is -2.43. The van der Waals surface area contributed by atoms with Gasteiger partial charge < -0.3 is 10.2 Å². The predicted octanol–water partition coefficient (Wildman–Crippen LogP) is -0.221. The normalized spacial score (nSPS) is 16.3. The summed E-state index contributed by atoms with van der Waals surface area (Å²) in [4.78, 5) is 10.1. The highest BCUT2D eigenvalue weighted by Crippen LogP contribution is 2.02. The van der Waals surface area contributed by atoms with Crippen LogP contribution in [0, 0.1) is 0 Å². The van der Waals surface area contributed by atoms with E-state index >= 15 is 0 Å². The average molecular weight is 147 g/mol. The second-order valence-corrected chi connectivity index (χ2v) is 2.37. The molecular formula is C6H13NO3. The van der Waals surface area contributed by atoms with E-state index in [9.17, 15) is 9.90 Å². The third-order valence-electron chi connectivity index (χ3n) is 1.05. The molecule has 0 saturated heterocycles. The molecule has 0 aliphatic rings. The monoisotopic (exact) mass is 147 g/mol. The first-order valence-corrected chi connectivity index (χ1v) is 3.17. The van der Waals surface area contributed by atoms with Gasteiger partial charge in [0.25, 0.3) is 0 Å². The Bertz CT molecular complexity index is 122. The summed E-state index contributed by atoms with van der Waals surface area (Å²) in [6.45, 7) is 3.79.